The number of para-hydroxylation sites is 1. The lowest BCUT2D eigenvalue weighted by molar-refractivity contribution is -0.0440. The fourth-order valence-electron chi connectivity index (χ4n) is 3.13. The average molecular weight is 419 g/mol. The van der Waals surface area contributed by atoms with Crippen LogP contribution >= 0.6 is 0 Å². The van der Waals surface area contributed by atoms with Crippen LogP contribution in [-0.2, 0) is 19.5 Å². The molecule has 0 bridgehead atoms. The van der Waals surface area contributed by atoms with E-state index < -0.39 is 16.0 Å². The van der Waals surface area contributed by atoms with Gasteiger partial charge in [0.2, 0.25) is 10.0 Å². The Balaban J connectivity index is 1.55. The summed E-state index contributed by atoms with van der Waals surface area (Å²) >= 11 is 0. The van der Waals surface area contributed by atoms with Crippen molar-refractivity contribution in [1.82, 2.24) is 4.31 Å². The molecular formula is C21H25NO6S. The smallest absolute Gasteiger partial charge is 0.338 e. The quantitative estimate of drug-likeness (QED) is 0.507. The van der Waals surface area contributed by atoms with Crippen LogP contribution in [0.5, 0.6) is 5.75 Å². The molecule has 29 heavy (non-hydrogen) atoms. The van der Waals surface area contributed by atoms with E-state index in [0.29, 0.717) is 18.8 Å². The molecule has 1 heterocycles. The molecule has 8 heteroatoms. The van der Waals surface area contributed by atoms with E-state index in [1.165, 1.54) is 28.6 Å². The number of nitrogens with zero attached hydrogens (tertiary/aromatic N) is 1. The van der Waals surface area contributed by atoms with Gasteiger partial charge in [0.1, 0.15) is 19.0 Å². The molecule has 0 amide bonds. The van der Waals surface area contributed by atoms with Crippen molar-refractivity contribution in [2.75, 3.05) is 26.3 Å². The summed E-state index contributed by atoms with van der Waals surface area (Å²) in [6, 6.07) is 15.0. The van der Waals surface area contributed by atoms with Crippen LogP contribution < -0.4 is 4.74 Å². The Labute approximate surface area is 171 Å². The molecule has 2 unspecified atom stereocenters. The van der Waals surface area contributed by atoms with Crippen molar-refractivity contribution in [3.63, 3.8) is 0 Å². The SMILES string of the molecule is CC1CN(S(=O)(=O)c2ccc(C(=O)OCCOc3ccccc3)cc2)CC(C)O1. The summed E-state index contributed by atoms with van der Waals surface area (Å²) < 4.78 is 43.3. The summed E-state index contributed by atoms with van der Waals surface area (Å²) in [5.41, 5.74) is 0.285. The van der Waals surface area contributed by atoms with E-state index in [2.05, 4.69) is 0 Å². The molecular weight excluding hydrogens is 394 g/mol. The number of hydrogen-bond donors (Lipinski definition) is 0. The number of esters is 1. The summed E-state index contributed by atoms with van der Waals surface area (Å²) in [6.45, 7) is 4.63. The van der Waals surface area contributed by atoms with Crippen LogP contribution in [-0.4, -0.2) is 57.2 Å². The Kier molecular flexibility index (Phi) is 6.89. The Hall–Kier alpha value is -2.42. The monoisotopic (exact) mass is 419 g/mol. The van der Waals surface area contributed by atoms with E-state index >= 15 is 0 Å². The lowest BCUT2D eigenvalue weighted by Crippen LogP contribution is -2.48. The molecule has 2 aromatic rings. The maximum absolute atomic E-state index is 12.8. The van der Waals surface area contributed by atoms with Gasteiger partial charge in [-0.1, -0.05) is 18.2 Å². The van der Waals surface area contributed by atoms with Crippen LogP contribution in [0.2, 0.25) is 0 Å². The van der Waals surface area contributed by atoms with Gasteiger partial charge in [-0.2, -0.15) is 4.31 Å². The second-order valence-electron chi connectivity index (χ2n) is 6.90. The Morgan fingerprint density at radius 3 is 2.24 bits per heavy atom. The first-order valence-corrected chi connectivity index (χ1v) is 10.9. The molecule has 0 aromatic heterocycles. The van der Waals surface area contributed by atoms with Gasteiger partial charge in [-0.25, -0.2) is 13.2 Å². The van der Waals surface area contributed by atoms with E-state index in [4.69, 9.17) is 14.2 Å². The van der Waals surface area contributed by atoms with E-state index in [9.17, 15) is 13.2 Å². The molecule has 1 aliphatic rings. The maximum Gasteiger partial charge on any atom is 0.338 e. The minimum atomic E-state index is -3.64. The van der Waals surface area contributed by atoms with Crippen molar-refractivity contribution in [2.24, 2.45) is 0 Å². The molecule has 0 spiro atoms. The van der Waals surface area contributed by atoms with Gasteiger partial charge in [-0.15, -0.1) is 0 Å². The first kappa shape index (κ1) is 21.3. The zero-order valence-corrected chi connectivity index (χ0v) is 17.3. The van der Waals surface area contributed by atoms with Crippen LogP contribution in [0.1, 0.15) is 24.2 Å². The zero-order chi connectivity index (χ0) is 20.9. The molecule has 0 aliphatic carbocycles. The van der Waals surface area contributed by atoms with E-state index in [1.807, 2.05) is 44.2 Å². The highest BCUT2D eigenvalue weighted by Crippen LogP contribution is 2.21. The molecule has 1 saturated heterocycles. The van der Waals surface area contributed by atoms with Gasteiger partial charge in [-0.3, -0.25) is 0 Å². The molecule has 0 N–H and O–H groups in total. The van der Waals surface area contributed by atoms with Crippen molar-refractivity contribution in [1.29, 1.82) is 0 Å². The fourth-order valence-corrected chi connectivity index (χ4v) is 4.72. The van der Waals surface area contributed by atoms with Gasteiger partial charge in [0, 0.05) is 13.1 Å². The van der Waals surface area contributed by atoms with Crippen molar-refractivity contribution >= 4 is 16.0 Å². The van der Waals surface area contributed by atoms with Crippen LogP contribution in [0.25, 0.3) is 0 Å². The highest BCUT2D eigenvalue weighted by atomic mass is 32.2. The second kappa shape index (κ2) is 9.39. The van der Waals surface area contributed by atoms with Gasteiger partial charge >= 0.3 is 5.97 Å². The molecule has 0 saturated carbocycles. The zero-order valence-electron chi connectivity index (χ0n) is 16.5. The third-order valence-electron chi connectivity index (χ3n) is 4.44. The number of morpholine rings is 1. The van der Waals surface area contributed by atoms with Gasteiger partial charge < -0.3 is 14.2 Å². The van der Waals surface area contributed by atoms with Gasteiger partial charge in [-0.05, 0) is 50.2 Å². The normalized spacial score (nSPS) is 20.2. The number of rotatable bonds is 7. The van der Waals surface area contributed by atoms with Gasteiger partial charge in [0.25, 0.3) is 0 Å². The Morgan fingerprint density at radius 2 is 1.62 bits per heavy atom. The van der Waals surface area contributed by atoms with Crippen molar-refractivity contribution in [3.8, 4) is 5.75 Å². The topological polar surface area (TPSA) is 82.1 Å². The largest absolute Gasteiger partial charge is 0.490 e. The molecule has 156 valence electrons. The average Bonchev–Trinajstić information content (AvgIpc) is 2.71. The molecule has 0 radical (unpaired) electrons. The fraction of sp³-hybridized carbons (Fsp3) is 0.381. The lowest BCUT2D eigenvalue weighted by atomic mass is 10.2. The van der Waals surface area contributed by atoms with Crippen molar-refractivity contribution in [3.05, 3.63) is 60.2 Å². The van der Waals surface area contributed by atoms with E-state index in [-0.39, 0.29) is 35.9 Å². The number of sulfonamides is 1. The van der Waals surface area contributed by atoms with Crippen molar-refractivity contribution < 1.29 is 27.4 Å². The Bertz CT molecular complexity index is 904. The maximum atomic E-state index is 12.8. The molecule has 1 fully saturated rings. The van der Waals surface area contributed by atoms with Crippen molar-refractivity contribution in [2.45, 2.75) is 31.0 Å². The Morgan fingerprint density at radius 1 is 1.00 bits per heavy atom. The minimum absolute atomic E-state index is 0.0946. The molecule has 1 aliphatic heterocycles. The number of carbonyl (C=O) groups excluding carboxylic acids is 1. The third kappa shape index (κ3) is 5.56. The summed E-state index contributed by atoms with van der Waals surface area (Å²) in [6.07, 6.45) is -0.332. The molecule has 3 rings (SSSR count). The first-order valence-electron chi connectivity index (χ1n) is 9.47. The summed E-state index contributed by atoms with van der Waals surface area (Å²) in [5.74, 6) is 0.170. The summed E-state index contributed by atoms with van der Waals surface area (Å²) in [7, 11) is -3.64. The van der Waals surface area contributed by atoms with Gasteiger partial charge in [0.05, 0.1) is 22.7 Å². The second-order valence-corrected chi connectivity index (χ2v) is 8.84. The molecule has 2 atom stereocenters. The molecule has 2 aromatic carbocycles. The van der Waals surface area contributed by atoms with Crippen LogP contribution in [0.4, 0.5) is 0 Å². The number of benzene rings is 2. The number of carbonyl (C=O) groups is 1. The third-order valence-corrected chi connectivity index (χ3v) is 6.29. The van der Waals surface area contributed by atoms with E-state index in [0.717, 1.165) is 0 Å². The van der Waals surface area contributed by atoms with E-state index in [1.54, 1.807) is 0 Å². The predicted molar refractivity (Wildman–Crippen MR) is 107 cm³/mol. The minimum Gasteiger partial charge on any atom is -0.490 e. The van der Waals surface area contributed by atoms with Gasteiger partial charge in [0.15, 0.2) is 0 Å². The van der Waals surface area contributed by atoms with Crippen LogP contribution in [0, 0.1) is 0 Å². The number of ether oxygens (including phenoxy) is 3. The summed E-state index contributed by atoms with van der Waals surface area (Å²) in [5, 5.41) is 0. The number of hydrogen-bond acceptors (Lipinski definition) is 6. The van der Waals surface area contributed by atoms with Crippen LogP contribution in [0.15, 0.2) is 59.5 Å². The highest BCUT2D eigenvalue weighted by Gasteiger charge is 2.32. The lowest BCUT2D eigenvalue weighted by Gasteiger charge is -2.34. The predicted octanol–water partition coefficient (Wildman–Crippen LogP) is 2.72. The summed E-state index contributed by atoms with van der Waals surface area (Å²) in [4.78, 5) is 12.3. The van der Waals surface area contributed by atoms with Crippen LogP contribution in [0.3, 0.4) is 0 Å². The first-order chi connectivity index (χ1) is 13.9. The highest BCUT2D eigenvalue weighted by molar-refractivity contribution is 7.89. The standard InChI is InChI=1S/C21H25NO6S/c1-16-14-22(15-17(2)28-16)29(24,25)20-10-8-18(9-11-20)21(23)27-13-12-26-19-6-4-3-5-7-19/h3-11,16-17H,12-15H2,1-2H3. The molecule has 7 nitrogen and oxygen atoms in total.